The maximum Gasteiger partial charge on any atom is 0.140 e. The summed E-state index contributed by atoms with van der Waals surface area (Å²) in [5, 5.41) is 14.2. The number of anilines is 2. The van der Waals surface area contributed by atoms with Crippen LogP contribution in [0.25, 0.3) is 0 Å². The lowest BCUT2D eigenvalue weighted by molar-refractivity contribution is 0.786. The fraction of sp³-hybridized carbons (Fsp3) is 0.500. The highest BCUT2D eigenvalue weighted by Gasteiger charge is 2.18. The second kappa shape index (κ2) is 4.44. The summed E-state index contributed by atoms with van der Waals surface area (Å²) >= 11 is 0. The van der Waals surface area contributed by atoms with Crippen LogP contribution in [-0.4, -0.2) is 34.8 Å². The molecule has 16 heavy (non-hydrogen) atoms. The molecule has 1 unspecified atom stereocenters. The average molecular weight is 220 g/mol. The van der Waals surface area contributed by atoms with Crippen LogP contribution in [0.1, 0.15) is 18.9 Å². The summed E-state index contributed by atoms with van der Waals surface area (Å²) in [6.45, 7) is 3.62. The van der Waals surface area contributed by atoms with Crippen molar-refractivity contribution in [3.63, 3.8) is 0 Å². The Morgan fingerprint density at radius 1 is 1.62 bits per heavy atom. The van der Waals surface area contributed by atoms with E-state index in [-0.39, 0.29) is 0 Å². The lowest BCUT2D eigenvalue weighted by Crippen LogP contribution is -2.24. The summed E-state index contributed by atoms with van der Waals surface area (Å²) in [6.07, 6.45) is 2.48. The predicted molar refractivity (Wildman–Crippen MR) is 63.8 cm³/mol. The molecule has 86 valence electrons. The highest BCUT2D eigenvalue weighted by molar-refractivity contribution is 6.04. The molecule has 1 aromatic rings. The standard InChI is InChI=1S/C10H16N6/c1-6(11)8-9(12)14-5-15-10(8)16-7-2-3-13-4-7/h5,7,11,13H,2-4H2,1H3,(H3,12,14,15,16). The molecule has 2 rings (SSSR count). The van der Waals surface area contributed by atoms with Crippen LogP contribution in [-0.2, 0) is 0 Å². The summed E-state index contributed by atoms with van der Waals surface area (Å²) in [6, 6.07) is 0.354. The Morgan fingerprint density at radius 2 is 2.44 bits per heavy atom. The third kappa shape index (κ3) is 2.11. The molecule has 6 nitrogen and oxygen atoms in total. The number of nitrogens with one attached hydrogen (secondary N) is 3. The predicted octanol–water partition coefficient (Wildman–Crippen LogP) is 0.220. The zero-order valence-electron chi connectivity index (χ0n) is 9.25. The van der Waals surface area contributed by atoms with Gasteiger partial charge in [0, 0.05) is 18.3 Å². The molecule has 1 aliphatic rings. The molecule has 1 saturated heterocycles. The van der Waals surface area contributed by atoms with Crippen molar-refractivity contribution in [1.29, 1.82) is 5.41 Å². The van der Waals surface area contributed by atoms with Gasteiger partial charge in [-0.25, -0.2) is 9.97 Å². The van der Waals surface area contributed by atoms with E-state index in [1.54, 1.807) is 6.92 Å². The molecule has 1 atom stereocenters. The molecule has 0 radical (unpaired) electrons. The van der Waals surface area contributed by atoms with Crippen molar-refractivity contribution in [3.05, 3.63) is 11.9 Å². The minimum absolute atomic E-state index is 0.354. The van der Waals surface area contributed by atoms with Crippen molar-refractivity contribution in [3.8, 4) is 0 Å². The van der Waals surface area contributed by atoms with Gasteiger partial charge >= 0.3 is 0 Å². The molecule has 0 aliphatic carbocycles. The van der Waals surface area contributed by atoms with Crippen LogP contribution in [0.2, 0.25) is 0 Å². The largest absolute Gasteiger partial charge is 0.383 e. The lowest BCUT2D eigenvalue weighted by atomic mass is 10.1. The first-order valence-corrected chi connectivity index (χ1v) is 5.31. The number of nitrogens with two attached hydrogens (primary N) is 1. The lowest BCUT2D eigenvalue weighted by Gasteiger charge is -2.15. The molecule has 2 heterocycles. The summed E-state index contributed by atoms with van der Waals surface area (Å²) in [5.41, 5.74) is 6.74. The fourth-order valence-electron chi connectivity index (χ4n) is 1.85. The van der Waals surface area contributed by atoms with E-state index in [4.69, 9.17) is 11.1 Å². The summed E-state index contributed by atoms with van der Waals surface area (Å²) in [7, 11) is 0. The molecule has 0 spiro atoms. The number of rotatable bonds is 3. The molecular weight excluding hydrogens is 204 g/mol. The van der Waals surface area contributed by atoms with Gasteiger partial charge in [-0.1, -0.05) is 0 Å². The topological polar surface area (TPSA) is 99.7 Å². The van der Waals surface area contributed by atoms with Crippen molar-refractivity contribution in [2.75, 3.05) is 24.1 Å². The minimum atomic E-state index is 0.354. The van der Waals surface area contributed by atoms with Crippen LogP contribution >= 0.6 is 0 Å². The molecule has 1 fully saturated rings. The molecule has 0 bridgehead atoms. The summed E-state index contributed by atoms with van der Waals surface area (Å²) in [4.78, 5) is 8.06. The van der Waals surface area contributed by atoms with E-state index in [9.17, 15) is 0 Å². The Morgan fingerprint density at radius 3 is 3.06 bits per heavy atom. The Balaban J connectivity index is 2.25. The quantitative estimate of drug-likeness (QED) is 0.546. The first-order chi connectivity index (χ1) is 7.68. The first-order valence-electron chi connectivity index (χ1n) is 5.31. The number of nitrogens with zero attached hydrogens (tertiary/aromatic N) is 2. The number of hydrogen-bond acceptors (Lipinski definition) is 6. The summed E-state index contributed by atoms with van der Waals surface area (Å²) in [5.74, 6) is 1.02. The van der Waals surface area contributed by atoms with Crippen LogP contribution < -0.4 is 16.4 Å². The van der Waals surface area contributed by atoms with Crippen LogP contribution in [0.15, 0.2) is 6.33 Å². The number of hydrogen-bond donors (Lipinski definition) is 4. The van der Waals surface area contributed by atoms with Gasteiger partial charge < -0.3 is 21.8 Å². The maximum atomic E-state index is 7.68. The average Bonchev–Trinajstić information content (AvgIpc) is 2.70. The Bertz CT molecular complexity index is 396. The van der Waals surface area contributed by atoms with Gasteiger partial charge in [-0.3, -0.25) is 0 Å². The monoisotopic (exact) mass is 220 g/mol. The van der Waals surface area contributed by atoms with Crippen molar-refractivity contribution < 1.29 is 0 Å². The maximum absolute atomic E-state index is 7.68. The molecule has 1 aliphatic heterocycles. The molecule has 5 N–H and O–H groups in total. The van der Waals surface area contributed by atoms with E-state index in [2.05, 4.69) is 20.6 Å². The van der Waals surface area contributed by atoms with E-state index >= 15 is 0 Å². The van der Waals surface area contributed by atoms with Crippen LogP contribution in [0.5, 0.6) is 0 Å². The SMILES string of the molecule is CC(=N)c1c(N)ncnc1NC1CCNC1. The fourth-order valence-corrected chi connectivity index (χ4v) is 1.85. The Hall–Kier alpha value is -1.69. The van der Waals surface area contributed by atoms with Gasteiger partial charge in [0.2, 0.25) is 0 Å². The smallest absolute Gasteiger partial charge is 0.140 e. The third-order valence-corrected chi connectivity index (χ3v) is 2.65. The van der Waals surface area contributed by atoms with Gasteiger partial charge in [0.05, 0.1) is 5.56 Å². The number of aromatic nitrogens is 2. The minimum Gasteiger partial charge on any atom is -0.383 e. The van der Waals surface area contributed by atoms with Crippen molar-refractivity contribution in [2.45, 2.75) is 19.4 Å². The van der Waals surface area contributed by atoms with Gasteiger partial charge in [-0.2, -0.15) is 0 Å². The first kappa shape index (κ1) is 10.8. The molecule has 0 saturated carbocycles. The van der Waals surface area contributed by atoms with E-state index in [1.165, 1.54) is 6.33 Å². The number of nitrogen functional groups attached to an aromatic ring is 1. The zero-order valence-corrected chi connectivity index (χ0v) is 9.25. The van der Waals surface area contributed by atoms with Crippen LogP contribution in [0.4, 0.5) is 11.6 Å². The zero-order chi connectivity index (χ0) is 11.5. The van der Waals surface area contributed by atoms with Gasteiger partial charge in [0.25, 0.3) is 0 Å². The molecular formula is C10H16N6. The normalized spacial score (nSPS) is 19.7. The van der Waals surface area contributed by atoms with E-state index in [0.717, 1.165) is 19.5 Å². The van der Waals surface area contributed by atoms with Crippen molar-refractivity contribution in [2.24, 2.45) is 0 Å². The van der Waals surface area contributed by atoms with Crippen LogP contribution in [0.3, 0.4) is 0 Å². The highest BCUT2D eigenvalue weighted by Crippen LogP contribution is 2.19. The third-order valence-electron chi connectivity index (χ3n) is 2.65. The van der Waals surface area contributed by atoms with E-state index in [1.807, 2.05) is 0 Å². The van der Waals surface area contributed by atoms with Gasteiger partial charge in [0.15, 0.2) is 0 Å². The van der Waals surface area contributed by atoms with Gasteiger partial charge in [-0.05, 0) is 19.9 Å². The van der Waals surface area contributed by atoms with E-state index < -0.39 is 0 Å². The Kier molecular flexibility index (Phi) is 3.00. The second-order valence-corrected chi connectivity index (χ2v) is 3.94. The van der Waals surface area contributed by atoms with Crippen molar-refractivity contribution in [1.82, 2.24) is 15.3 Å². The second-order valence-electron chi connectivity index (χ2n) is 3.94. The van der Waals surface area contributed by atoms with Gasteiger partial charge in [0.1, 0.15) is 18.0 Å². The van der Waals surface area contributed by atoms with Gasteiger partial charge in [-0.15, -0.1) is 0 Å². The van der Waals surface area contributed by atoms with Crippen LogP contribution in [0, 0.1) is 5.41 Å². The molecule has 0 aromatic carbocycles. The van der Waals surface area contributed by atoms with Crippen molar-refractivity contribution >= 4 is 17.3 Å². The Labute approximate surface area is 94.2 Å². The highest BCUT2D eigenvalue weighted by atomic mass is 15.1. The molecule has 1 aromatic heterocycles. The van der Waals surface area contributed by atoms with E-state index in [0.29, 0.717) is 29.0 Å². The summed E-state index contributed by atoms with van der Waals surface area (Å²) < 4.78 is 0. The molecule has 0 amide bonds. The molecule has 6 heteroatoms.